The van der Waals surface area contributed by atoms with Gasteiger partial charge >= 0.3 is 24.4 Å². The van der Waals surface area contributed by atoms with Crippen molar-refractivity contribution in [2.75, 3.05) is 13.1 Å². The zero-order valence-corrected chi connectivity index (χ0v) is 27.1. The van der Waals surface area contributed by atoms with Crippen LogP contribution in [-0.4, -0.2) is 76.6 Å². The van der Waals surface area contributed by atoms with Crippen LogP contribution in [0, 0.1) is 0 Å². The van der Waals surface area contributed by atoms with E-state index in [1.807, 2.05) is 0 Å². The summed E-state index contributed by atoms with van der Waals surface area (Å²) < 4.78 is 21.2. The number of amidine groups is 1. The van der Waals surface area contributed by atoms with Gasteiger partial charge in [-0.05, 0) is 109 Å². The lowest BCUT2D eigenvalue weighted by Crippen LogP contribution is -2.44. The summed E-state index contributed by atoms with van der Waals surface area (Å²) in [5.41, 5.74) is -2.97. The minimum Gasteiger partial charge on any atom is -0.444 e. The first kappa shape index (κ1) is 37.6. The van der Waals surface area contributed by atoms with Crippen LogP contribution >= 0.6 is 0 Å². The van der Waals surface area contributed by atoms with E-state index in [-0.39, 0.29) is 18.3 Å². The Bertz CT molecular complexity index is 964. The van der Waals surface area contributed by atoms with Gasteiger partial charge in [0, 0.05) is 13.1 Å². The van der Waals surface area contributed by atoms with E-state index in [1.54, 1.807) is 83.1 Å². The molecule has 0 saturated heterocycles. The number of aliphatic imine (C=N–C) groups is 2. The number of amides is 4. The number of nitrogens with one attached hydrogen (secondary N) is 2. The quantitative estimate of drug-likeness (QED) is 0.161. The summed E-state index contributed by atoms with van der Waals surface area (Å²) in [7, 11) is 0. The standard InChI is InChI=1S/C28H51N5O8/c1-19(30-21(34)38-25(2,3)4)33(24(37)41-28(11,12)13)18-16-14-15-17-29-20(31-22(35)39-26(5,6)7)32-23(36)40-27(8,9)10/h14-18H2,1-13H3,(H2,29,31,32,35,36)/b30-19+. The molecule has 0 aliphatic carbocycles. The van der Waals surface area contributed by atoms with E-state index in [9.17, 15) is 19.2 Å². The molecule has 13 nitrogen and oxygen atoms in total. The normalized spacial score (nSPS) is 13.2. The van der Waals surface area contributed by atoms with Gasteiger partial charge in [0.25, 0.3) is 0 Å². The summed E-state index contributed by atoms with van der Waals surface area (Å²) >= 11 is 0. The molecule has 0 aliphatic rings. The third kappa shape index (κ3) is 21.1. The second-order valence-corrected chi connectivity index (χ2v) is 13.3. The molecule has 0 unspecified atom stereocenters. The number of alkyl carbamates (subject to hydrolysis) is 1. The highest BCUT2D eigenvalue weighted by Gasteiger charge is 2.25. The molecule has 0 aliphatic heterocycles. The highest BCUT2D eigenvalue weighted by atomic mass is 16.6. The summed E-state index contributed by atoms with van der Waals surface area (Å²) in [4.78, 5) is 58.5. The molecular weight excluding hydrogens is 534 g/mol. The largest absolute Gasteiger partial charge is 0.444 e. The molecule has 0 radical (unpaired) electrons. The minimum atomic E-state index is -0.871. The Morgan fingerprint density at radius 2 is 1.10 bits per heavy atom. The number of carbonyl (C=O) groups excluding carboxylic acids is 4. The lowest BCUT2D eigenvalue weighted by atomic mass is 10.2. The molecule has 0 bridgehead atoms. The SMILES string of the molecule is C/C(=N\C(=O)OC(C)(C)C)N(CCCCCN/C(=N\C(=O)OC(C)(C)C)NC(=O)OC(C)(C)C)C(=O)OC(C)(C)C. The zero-order chi connectivity index (χ0) is 32.2. The molecule has 0 aromatic heterocycles. The average Bonchev–Trinajstić information content (AvgIpc) is 2.66. The van der Waals surface area contributed by atoms with Crippen molar-refractivity contribution < 1.29 is 38.1 Å². The van der Waals surface area contributed by atoms with Crippen LogP contribution < -0.4 is 10.6 Å². The summed E-state index contributed by atoms with van der Waals surface area (Å²) in [6.07, 6.45) is -1.31. The first-order valence-electron chi connectivity index (χ1n) is 13.7. The maximum Gasteiger partial charge on any atom is 0.437 e. The van der Waals surface area contributed by atoms with Crippen LogP contribution in [-0.2, 0) is 18.9 Å². The van der Waals surface area contributed by atoms with Gasteiger partial charge in [-0.3, -0.25) is 10.2 Å². The Morgan fingerprint density at radius 1 is 0.634 bits per heavy atom. The number of unbranched alkanes of at least 4 members (excludes halogenated alkanes) is 2. The Morgan fingerprint density at radius 3 is 1.56 bits per heavy atom. The molecule has 4 amide bonds. The van der Waals surface area contributed by atoms with Crippen molar-refractivity contribution in [3.05, 3.63) is 0 Å². The maximum absolute atomic E-state index is 12.8. The van der Waals surface area contributed by atoms with Crippen LogP contribution in [0.3, 0.4) is 0 Å². The molecule has 0 aromatic carbocycles. The molecule has 2 N–H and O–H groups in total. The fourth-order valence-electron chi connectivity index (χ4n) is 2.85. The number of rotatable bonds is 6. The fraction of sp³-hybridized carbons (Fsp3) is 0.786. The molecule has 41 heavy (non-hydrogen) atoms. The van der Waals surface area contributed by atoms with Gasteiger partial charge in [0.1, 0.15) is 28.2 Å². The highest BCUT2D eigenvalue weighted by Crippen LogP contribution is 2.14. The van der Waals surface area contributed by atoms with Gasteiger partial charge in [0.2, 0.25) is 5.96 Å². The average molecular weight is 586 g/mol. The monoisotopic (exact) mass is 585 g/mol. The third-order valence-electron chi connectivity index (χ3n) is 4.22. The Hall–Kier alpha value is -3.38. The lowest BCUT2D eigenvalue weighted by molar-refractivity contribution is 0.0364. The Kier molecular flexibility index (Phi) is 14.3. The van der Waals surface area contributed by atoms with E-state index < -0.39 is 46.8 Å². The molecule has 0 aromatic rings. The minimum absolute atomic E-state index is 0.107. The second-order valence-electron chi connectivity index (χ2n) is 13.3. The summed E-state index contributed by atoms with van der Waals surface area (Å²) in [6.45, 7) is 22.8. The van der Waals surface area contributed by atoms with Crippen molar-refractivity contribution in [2.24, 2.45) is 9.98 Å². The number of hydrogen-bond donors (Lipinski definition) is 2. The van der Waals surface area contributed by atoms with E-state index >= 15 is 0 Å². The van der Waals surface area contributed by atoms with Gasteiger partial charge in [-0.25, -0.2) is 19.2 Å². The van der Waals surface area contributed by atoms with Gasteiger partial charge < -0.3 is 24.3 Å². The van der Waals surface area contributed by atoms with Crippen molar-refractivity contribution in [1.29, 1.82) is 0 Å². The number of nitrogens with zero attached hydrogens (tertiary/aromatic N) is 3. The molecule has 13 heteroatoms. The summed E-state index contributed by atoms with van der Waals surface area (Å²) in [5.74, 6) is 0.0455. The fourth-order valence-corrected chi connectivity index (χ4v) is 2.85. The van der Waals surface area contributed by atoms with E-state index in [0.29, 0.717) is 25.8 Å². The molecule has 0 heterocycles. The van der Waals surface area contributed by atoms with E-state index in [1.165, 1.54) is 11.8 Å². The van der Waals surface area contributed by atoms with Crippen molar-refractivity contribution in [3.8, 4) is 0 Å². The molecular formula is C28H51N5O8. The first-order chi connectivity index (χ1) is 18.4. The number of hydrogen-bond acceptors (Lipinski definition) is 8. The maximum atomic E-state index is 12.8. The predicted molar refractivity (Wildman–Crippen MR) is 157 cm³/mol. The highest BCUT2D eigenvalue weighted by molar-refractivity contribution is 5.99. The van der Waals surface area contributed by atoms with Gasteiger partial charge in [-0.2, -0.15) is 4.99 Å². The molecule has 0 fully saturated rings. The van der Waals surface area contributed by atoms with Crippen LogP contribution in [0.25, 0.3) is 0 Å². The Balaban J connectivity index is 5.29. The smallest absolute Gasteiger partial charge is 0.437 e. The topological polar surface area (TPSA) is 157 Å². The zero-order valence-electron chi connectivity index (χ0n) is 27.1. The molecule has 236 valence electrons. The van der Waals surface area contributed by atoms with Crippen molar-refractivity contribution in [3.63, 3.8) is 0 Å². The van der Waals surface area contributed by atoms with Crippen LogP contribution in [0.5, 0.6) is 0 Å². The van der Waals surface area contributed by atoms with Crippen LogP contribution in [0.2, 0.25) is 0 Å². The van der Waals surface area contributed by atoms with Crippen molar-refractivity contribution >= 4 is 36.2 Å². The lowest BCUT2D eigenvalue weighted by Gasteiger charge is -2.27. The van der Waals surface area contributed by atoms with Gasteiger partial charge in [-0.15, -0.1) is 4.99 Å². The number of carbonyl (C=O) groups is 4. The summed E-state index contributed by atoms with van der Waals surface area (Å²) in [6, 6.07) is 0. The predicted octanol–water partition coefficient (Wildman–Crippen LogP) is 6.15. The van der Waals surface area contributed by atoms with Gasteiger partial charge in [0.15, 0.2) is 0 Å². The van der Waals surface area contributed by atoms with E-state index in [0.717, 1.165) is 0 Å². The Labute approximate surface area is 244 Å². The van der Waals surface area contributed by atoms with Crippen molar-refractivity contribution in [1.82, 2.24) is 15.5 Å². The van der Waals surface area contributed by atoms with Crippen molar-refractivity contribution in [2.45, 2.75) is 132 Å². The van der Waals surface area contributed by atoms with Gasteiger partial charge in [0.05, 0.1) is 0 Å². The van der Waals surface area contributed by atoms with Gasteiger partial charge in [-0.1, -0.05) is 0 Å². The number of ether oxygens (including phenoxy) is 4. The molecule has 0 saturated carbocycles. The number of guanidine groups is 1. The van der Waals surface area contributed by atoms with E-state index in [2.05, 4.69) is 20.6 Å². The summed E-state index contributed by atoms with van der Waals surface area (Å²) in [5, 5.41) is 5.35. The van der Waals surface area contributed by atoms with Crippen LogP contribution in [0.15, 0.2) is 9.98 Å². The molecule has 0 spiro atoms. The molecule has 0 atom stereocenters. The van der Waals surface area contributed by atoms with Crippen LogP contribution in [0.4, 0.5) is 19.2 Å². The first-order valence-corrected chi connectivity index (χ1v) is 13.7. The third-order valence-corrected chi connectivity index (χ3v) is 4.22. The van der Waals surface area contributed by atoms with E-state index in [4.69, 9.17) is 18.9 Å². The van der Waals surface area contributed by atoms with Crippen LogP contribution in [0.1, 0.15) is 109 Å². The molecule has 0 rings (SSSR count). The second kappa shape index (κ2) is 15.6.